The van der Waals surface area contributed by atoms with Crippen molar-refractivity contribution in [3.63, 3.8) is 0 Å². The molecule has 1 aliphatic rings. The standard InChI is InChI=1S/C20H17N5O2S/c21-28(26,27)18-12-14(13-6-1-2-7-15(13)23-18)19-17-9-5-11-25(17)24-20(19)16-8-3-4-10-22-16/h1-4,6-8,10,12H,5,9,11H2,(H2,21,26,27). The van der Waals surface area contributed by atoms with Gasteiger partial charge in [-0.05, 0) is 42.7 Å². The van der Waals surface area contributed by atoms with Crippen LogP contribution in [0.5, 0.6) is 0 Å². The number of nitrogens with two attached hydrogens (primary N) is 1. The van der Waals surface area contributed by atoms with E-state index >= 15 is 0 Å². The Morgan fingerprint density at radius 1 is 1.07 bits per heavy atom. The van der Waals surface area contributed by atoms with E-state index in [2.05, 4.69) is 9.97 Å². The molecular weight excluding hydrogens is 374 g/mol. The first-order valence-electron chi connectivity index (χ1n) is 8.96. The van der Waals surface area contributed by atoms with Crippen molar-refractivity contribution in [3.05, 3.63) is 60.4 Å². The highest BCUT2D eigenvalue weighted by Crippen LogP contribution is 2.40. The van der Waals surface area contributed by atoms with Crippen LogP contribution in [0.4, 0.5) is 0 Å². The molecule has 5 rings (SSSR count). The van der Waals surface area contributed by atoms with Gasteiger partial charge in [0.15, 0.2) is 5.03 Å². The van der Waals surface area contributed by atoms with E-state index in [1.54, 1.807) is 18.3 Å². The predicted octanol–water partition coefficient (Wildman–Crippen LogP) is 2.75. The quantitative estimate of drug-likeness (QED) is 0.578. The highest BCUT2D eigenvalue weighted by Gasteiger charge is 2.27. The molecule has 2 N–H and O–H groups in total. The zero-order valence-electron chi connectivity index (χ0n) is 14.9. The van der Waals surface area contributed by atoms with Gasteiger partial charge in [0.25, 0.3) is 10.0 Å². The van der Waals surface area contributed by atoms with Gasteiger partial charge in [-0.2, -0.15) is 5.10 Å². The van der Waals surface area contributed by atoms with E-state index in [9.17, 15) is 8.42 Å². The lowest BCUT2D eigenvalue weighted by Gasteiger charge is -2.11. The smallest absolute Gasteiger partial charge is 0.255 e. The lowest BCUT2D eigenvalue weighted by molar-refractivity contribution is 0.594. The Balaban J connectivity index is 1.89. The molecule has 0 radical (unpaired) electrons. The number of nitrogens with zero attached hydrogens (tertiary/aromatic N) is 4. The number of sulfonamides is 1. The molecular formula is C20H17N5O2S. The molecule has 0 fully saturated rings. The predicted molar refractivity (Wildman–Crippen MR) is 106 cm³/mol. The van der Waals surface area contributed by atoms with Crippen LogP contribution in [0.2, 0.25) is 0 Å². The number of fused-ring (bicyclic) bond motifs is 2. The van der Waals surface area contributed by atoms with Gasteiger partial charge in [-0.25, -0.2) is 18.5 Å². The van der Waals surface area contributed by atoms with Crippen LogP contribution in [0.3, 0.4) is 0 Å². The number of aryl methyl sites for hydroxylation is 1. The highest BCUT2D eigenvalue weighted by molar-refractivity contribution is 7.89. The minimum atomic E-state index is -3.95. The Bertz CT molecular complexity index is 1310. The third kappa shape index (κ3) is 2.69. The second kappa shape index (κ2) is 6.22. The Morgan fingerprint density at radius 3 is 2.68 bits per heavy atom. The van der Waals surface area contributed by atoms with Gasteiger partial charge in [-0.1, -0.05) is 24.3 Å². The second-order valence-corrected chi connectivity index (χ2v) is 8.29. The molecule has 140 valence electrons. The largest absolute Gasteiger partial charge is 0.268 e. The number of para-hydroxylation sites is 1. The first kappa shape index (κ1) is 17.0. The van der Waals surface area contributed by atoms with Crippen molar-refractivity contribution in [1.29, 1.82) is 0 Å². The summed E-state index contributed by atoms with van der Waals surface area (Å²) in [6.45, 7) is 0.834. The summed E-state index contributed by atoms with van der Waals surface area (Å²) in [5, 5.41) is 10.9. The zero-order chi connectivity index (χ0) is 19.3. The average Bonchev–Trinajstić information content (AvgIpc) is 3.28. The number of primary sulfonamides is 1. The third-order valence-electron chi connectivity index (χ3n) is 5.00. The molecule has 28 heavy (non-hydrogen) atoms. The maximum Gasteiger partial charge on any atom is 0.255 e. The summed E-state index contributed by atoms with van der Waals surface area (Å²) in [5.41, 5.74) is 4.81. The van der Waals surface area contributed by atoms with E-state index in [0.717, 1.165) is 53.0 Å². The Hall–Kier alpha value is -3.10. The molecule has 1 aliphatic heterocycles. The van der Waals surface area contributed by atoms with E-state index in [1.165, 1.54) is 0 Å². The highest BCUT2D eigenvalue weighted by atomic mass is 32.2. The minimum absolute atomic E-state index is 0.147. The fraction of sp³-hybridized carbons (Fsp3) is 0.150. The van der Waals surface area contributed by atoms with Gasteiger partial charge in [0.1, 0.15) is 5.69 Å². The first-order valence-corrected chi connectivity index (χ1v) is 10.5. The molecule has 0 unspecified atom stereocenters. The van der Waals surface area contributed by atoms with Gasteiger partial charge in [-0.3, -0.25) is 9.67 Å². The van der Waals surface area contributed by atoms with E-state index in [4.69, 9.17) is 10.2 Å². The van der Waals surface area contributed by atoms with Crippen molar-refractivity contribution in [2.45, 2.75) is 24.4 Å². The fourth-order valence-corrected chi connectivity index (χ4v) is 4.31. The summed E-state index contributed by atoms with van der Waals surface area (Å²) in [6, 6.07) is 14.7. The number of rotatable bonds is 3. The topological polar surface area (TPSA) is 104 Å². The molecule has 3 aromatic heterocycles. The van der Waals surface area contributed by atoms with Crippen LogP contribution in [0.15, 0.2) is 59.8 Å². The normalized spacial score (nSPS) is 13.8. The number of aromatic nitrogens is 4. The molecule has 4 heterocycles. The summed E-state index contributed by atoms with van der Waals surface area (Å²) >= 11 is 0. The maximum atomic E-state index is 12.1. The number of hydrogen-bond donors (Lipinski definition) is 1. The van der Waals surface area contributed by atoms with Crippen molar-refractivity contribution in [1.82, 2.24) is 19.7 Å². The maximum absolute atomic E-state index is 12.1. The Morgan fingerprint density at radius 2 is 1.89 bits per heavy atom. The first-order chi connectivity index (χ1) is 13.5. The summed E-state index contributed by atoms with van der Waals surface area (Å²) in [4.78, 5) is 8.72. The molecule has 0 aliphatic carbocycles. The van der Waals surface area contributed by atoms with Crippen molar-refractivity contribution in [2.24, 2.45) is 5.14 Å². The lowest BCUT2D eigenvalue weighted by Crippen LogP contribution is -2.14. The molecule has 1 aromatic carbocycles. The van der Waals surface area contributed by atoms with Gasteiger partial charge >= 0.3 is 0 Å². The van der Waals surface area contributed by atoms with Crippen molar-refractivity contribution in [3.8, 4) is 22.5 Å². The van der Waals surface area contributed by atoms with E-state index in [1.807, 2.05) is 41.1 Å². The van der Waals surface area contributed by atoms with Gasteiger partial charge in [0.05, 0.1) is 11.2 Å². The number of pyridine rings is 2. The zero-order valence-corrected chi connectivity index (χ0v) is 15.7. The van der Waals surface area contributed by atoms with Crippen LogP contribution in [0.25, 0.3) is 33.4 Å². The molecule has 0 saturated heterocycles. The molecule has 7 nitrogen and oxygen atoms in total. The summed E-state index contributed by atoms with van der Waals surface area (Å²) in [6.07, 6.45) is 3.60. The summed E-state index contributed by atoms with van der Waals surface area (Å²) < 4.78 is 26.1. The second-order valence-electron chi connectivity index (χ2n) is 6.78. The van der Waals surface area contributed by atoms with Crippen molar-refractivity contribution >= 4 is 20.9 Å². The van der Waals surface area contributed by atoms with Gasteiger partial charge < -0.3 is 0 Å². The van der Waals surface area contributed by atoms with Crippen LogP contribution in [-0.2, 0) is 23.0 Å². The fourth-order valence-electron chi connectivity index (χ4n) is 3.80. The van der Waals surface area contributed by atoms with Crippen LogP contribution in [0.1, 0.15) is 12.1 Å². The van der Waals surface area contributed by atoms with Gasteiger partial charge in [-0.15, -0.1) is 0 Å². The number of benzene rings is 1. The molecule has 0 saturated carbocycles. The lowest BCUT2D eigenvalue weighted by atomic mass is 9.97. The van der Waals surface area contributed by atoms with Crippen LogP contribution in [-0.4, -0.2) is 28.2 Å². The Labute approximate surface area is 161 Å². The average molecular weight is 391 g/mol. The number of hydrogen-bond acceptors (Lipinski definition) is 5. The Kier molecular flexibility index (Phi) is 3.78. The SMILES string of the molecule is NS(=O)(=O)c1cc(-c2c(-c3ccccn3)nn3c2CCC3)c2ccccc2n1. The molecule has 0 bridgehead atoms. The summed E-state index contributed by atoms with van der Waals surface area (Å²) in [7, 11) is -3.95. The molecule has 0 spiro atoms. The monoisotopic (exact) mass is 391 g/mol. The minimum Gasteiger partial charge on any atom is -0.268 e. The third-order valence-corrected chi connectivity index (χ3v) is 5.79. The molecule has 0 amide bonds. The van der Waals surface area contributed by atoms with Crippen LogP contribution in [0, 0.1) is 0 Å². The van der Waals surface area contributed by atoms with Crippen LogP contribution < -0.4 is 5.14 Å². The molecule has 0 atom stereocenters. The molecule has 8 heteroatoms. The van der Waals surface area contributed by atoms with Crippen LogP contribution >= 0.6 is 0 Å². The van der Waals surface area contributed by atoms with E-state index < -0.39 is 10.0 Å². The van der Waals surface area contributed by atoms with E-state index in [0.29, 0.717) is 5.52 Å². The molecule has 4 aromatic rings. The van der Waals surface area contributed by atoms with Crippen molar-refractivity contribution < 1.29 is 8.42 Å². The van der Waals surface area contributed by atoms with E-state index in [-0.39, 0.29) is 5.03 Å². The van der Waals surface area contributed by atoms with Gasteiger partial charge in [0.2, 0.25) is 0 Å². The summed E-state index contributed by atoms with van der Waals surface area (Å²) in [5.74, 6) is 0. The van der Waals surface area contributed by atoms with Gasteiger partial charge in [0, 0.05) is 29.4 Å². The van der Waals surface area contributed by atoms with Crippen molar-refractivity contribution in [2.75, 3.05) is 0 Å².